The molecule has 0 aliphatic carbocycles. The molecular weight excluding hydrogens is 168 g/mol. The van der Waals surface area contributed by atoms with Crippen LogP contribution in [0.25, 0.3) is 0 Å². The van der Waals surface area contributed by atoms with Crippen molar-refractivity contribution in [2.75, 3.05) is 25.4 Å². The van der Waals surface area contributed by atoms with Gasteiger partial charge in [-0.15, -0.1) is 0 Å². The van der Waals surface area contributed by atoms with E-state index in [1.54, 1.807) is 0 Å². The third-order valence-electron chi connectivity index (χ3n) is 2.79. The smallest absolute Gasteiger partial charge is 0.0180 e. The first kappa shape index (κ1) is 8.85. The molecule has 0 saturated carbocycles. The van der Waals surface area contributed by atoms with Crippen molar-refractivity contribution < 1.29 is 0 Å². The van der Waals surface area contributed by atoms with Gasteiger partial charge in [0.15, 0.2) is 0 Å². The van der Waals surface area contributed by atoms with Crippen molar-refractivity contribution in [3.05, 3.63) is 0 Å². The van der Waals surface area contributed by atoms with Gasteiger partial charge in [-0.25, -0.2) is 0 Å². The van der Waals surface area contributed by atoms with Crippen LogP contribution in [0, 0.1) is 0 Å². The summed E-state index contributed by atoms with van der Waals surface area (Å²) in [5.41, 5.74) is 5.85. The summed E-state index contributed by atoms with van der Waals surface area (Å²) in [6, 6.07) is 0.455. The van der Waals surface area contributed by atoms with Crippen molar-refractivity contribution in [1.82, 2.24) is 4.90 Å². The van der Waals surface area contributed by atoms with Gasteiger partial charge in [0, 0.05) is 24.4 Å². The van der Waals surface area contributed by atoms with Gasteiger partial charge in [0.05, 0.1) is 0 Å². The van der Waals surface area contributed by atoms with Gasteiger partial charge >= 0.3 is 0 Å². The van der Waals surface area contributed by atoms with Gasteiger partial charge in [0.2, 0.25) is 0 Å². The number of rotatable bonds is 2. The summed E-state index contributed by atoms with van der Waals surface area (Å²) < 4.78 is 0. The summed E-state index contributed by atoms with van der Waals surface area (Å²) in [6.45, 7) is 3.66. The highest BCUT2D eigenvalue weighted by atomic mass is 32.2. The number of hydrogen-bond acceptors (Lipinski definition) is 3. The molecule has 2 N–H and O–H groups in total. The Balaban J connectivity index is 1.72. The molecule has 2 atom stereocenters. The van der Waals surface area contributed by atoms with Crippen molar-refractivity contribution in [2.24, 2.45) is 5.73 Å². The van der Waals surface area contributed by atoms with Crippen LogP contribution < -0.4 is 5.73 Å². The highest BCUT2D eigenvalue weighted by Gasteiger charge is 2.23. The Labute approximate surface area is 78.9 Å². The average molecular weight is 186 g/mol. The predicted molar refractivity (Wildman–Crippen MR) is 54.5 cm³/mol. The van der Waals surface area contributed by atoms with E-state index in [-0.39, 0.29) is 0 Å². The zero-order valence-electron chi connectivity index (χ0n) is 7.54. The van der Waals surface area contributed by atoms with Crippen LogP contribution in [-0.4, -0.2) is 41.6 Å². The molecule has 0 bridgehead atoms. The van der Waals surface area contributed by atoms with E-state index in [4.69, 9.17) is 5.73 Å². The van der Waals surface area contributed by atoms with Gasteiger partial charge in [0.1, 0.15) is 0 Å². The maximum absolute atomic E-state index is 5.85. The van der Waals surface area contributed by atoms with Crippen molar-refractivity contribution in [2.45, 2.75) is 30.6 Å². The van der Waals surface area contributed by atoms with Crippen LogP contribution in [0.5, 0.6) is 0 Å². The molecule has 0 aromatic carbocycles. The van der Waals surface area contributed by atoms with Crippen LogP contribution in [0.4, 0.5) is 0 Å². The number of nitrogens with zero attached hydrogens (tertiary/aromatic N) is 1. The van der Waals surface area contributed by atoms with E-state index in [2.05, 4.69) is 16.7 Å². The minimum Gasteiger partial charge on any atom is -0.326 e. The first-order chi connectivity index (χ1) is 5.84. The molecule has 12 heavy (non-hydrogen) atoms. The largest absolute Gasteiger partial charge is 0.326 e. The minimum absolute atomic E-state index is 0.455. The van der Waals surface area contributed by atoms with Crippen molar-refractivity contribution >= 4 is 11.8 Å². The standard InChI is InChI=1S/C9H18N2S/c10-8-3-4-11(6-8)7-9-2-1-5-12-9/h8-9H,1-7,10H2. The van der Waals surface area contributed by atoms with Crippen LogP contribution in [0.2, 0.25) is 0 Å². The summed E-state index contributed by atoms with van der Waals surface area (Å²) in [6.07, 6.45) is 4.06. The van der Waals surface area contributed by atoms with Crippen LogP contribution in [0.3, 0.4) is 0 Å². The highest BCUT2D eigenvalue weighted by molar-refractivity contribution is 8.00. The normalized spacial score (nSPS) is 37.8. The zero-order chi connectivity index (χ0) is 8.39. The lowest BCUT2D eigenvalue weighted by molar-refractivity contribution is 0.333. The number of nitrogens with two attached hydrogens (primary N) is 1. The molecule has 0 radical (unpaired) electrons. The lowest BCUT2D eigenvalue weighted by Gasteiger charge is -2.18. The second-order valence-electron chi connectivity index (χ2n) is 3.94. The molecule has 2 rings (SSSR count). The summed E-state index contributed by atoms with van der Waals surface area (Å²) in [7, 11) is 0. The van der Waals surface area contributed by atoms with Crippen LogP contribution in [0.1, 0.15) is 19.3 Å². The Hall–Kier alpha value is 0.270. The number of hydrogen-bond donors (Lipinski definition) is 1. The van der Waals surface area contributed by atoms with Gasteiger partial charge in [0.25, 0.3) is 0 Å². The Morgan fingerprint density at radius 1 is 1.42 bits per heavy atom. The molecule has 2 nitrogen and oxygen atoms in total. The second kappa shape index (κ2) is 3.99. The number of thioether (sulfide) groups is 1. The quantitative estimate of drug-likeness (QED) is 0.695. The molecule has 3 heteroatoms. The first-order valence-corrected chi connectivity index (χ1v) is 5.99. The molecule has 0 amide bonds. The fourth-order valence-corrected chi connectivity index (χ4v) is 3.42. The molecular formula is C9H18N2S. The monoisotopic (exact) mass is 186 g/mol. The molecule has 2 aliphatic heterocycles. The fourth-order valence-electron chi connectivity index (χ4n) is 2.10. The summed E-state index contributed by atoms with van der Waals surface area (Å²) in [4.78, 5) is 2.54. The van der Waals surface area contributed by atoms with Crippen molar-refractivity contribution in [3.8, 4) is 0 Å². The second-order valence-corrected chi connectivity index (χ2v) is 5.35. The average Bonchev–Trinajstić information content (AvgIpc) is 2.63. The van der Waals surface area contributed by atoms with Crippen LogP contribution >= 0.6 is 11.8 Å². The molecule has 2 heterocycles. The Morgan fingerprint density at radius 3 is 2.92 bits per heavy atom. The fraction of sp³-hybridized carbons (Fsp3) is 1.00. The van der Waals surface area contributed by atoms with E-state index in [9.17, 15) is 0 Å². The predicted octanol–water partition coefficient (Wildman–Crippen LogP) is 0.915. The summed E-state index contributed by atoms with van der Waals surface area (Å²) in [5.74, 6) is 1.38. The van der Waals surface area contributed by atoms with Gasteiger partial charge in [-0.2, -0.15) is 11.8 Å². The summed E-state index contributed by atoms with van der Waals surface area (Å²) >= 11 is 2.15. The van der Waals surface area contributed by atoms with Crippen molar-refractivity contribution in [3.63, 3.8) is 0 Å². The Bertz CT molecular complexity index is 145. The maximum Gasteiger partial charge on any atom is 0.0180 e. The van der Waals surface area contributed by atoms with Gasteiger partial charge in [-0.3, -0.25) is 0 Å². The Kier molecular flexibility index (Phi) is 2.94. The molecule has 2 unspecified atom stereocenters. The molecule has 2 fully saturated rings. The maximum atomic E-state index is 5.85. The topological polar surface area (TPSA) is 29.3 Å². The van der Waals surface area contributed by atoms with Gasteiger partial charge in [-0.05, 0) is 31.6 Å². The van der Waals surface area contributed by atoms with Gasteiger partial charge in [-0.1, -0.05) is 0 Å². The zero-order valence-corrected chi connectivity index (χ0v) is 8.35. The minimum atomic E-state index is 0.455. The molecule has 70 valence electrons. The highest BCUT2D eigenvalue weighted by Crippen LogP contribution is 2.27. The molecule has 0 aromatic heterocycles. The van der Waals surface area contributed by atoms with E-state index < -0.39 is 0 Å². The SMILES string of the molecule is NC1CCN(CC2CCCS2)C1. The third-order valence-corrected chi connectivity index (χ3v) is 4.18. The van der Waals surface area contributed by atoms with Gasteiger partial charge < -0.3 is 10.6 Å². The molecule has 0 aromatic rings. The summed E-state index contributed by atoms with van der Waals surface area (Å²) in [5, 5.41) is 0.912. The van der Waals surface area contributed by atoms with Crippen LogP contribution in [0.15, 0.2) is 0 Å². The van der Waals surface area contributed by atoms with E-state index in [1.165, 1.54) is 38.1 Å². The lowest BCUT2D eigenvalue weighted by atomic mass is 10.2. The third kappa shape index (κ3) is 2.15. The molecule has 2 aliphatic rings. The van der Waals surface area contributed by atoms with E-state index in [0.29, 0.717) is 6.04 Å². The first-order valence-electron chi connectivity index (χ1n) is 4.94. The lowest BCUT2D eigenvalue weighted by Crippen LogP contribution is -2.31. The Morgan fingerprint density at radius 2 is 2.33 bits per heavy atom. The number of likely N-dealkylation sites (tertiary alicyclic amines) is 1. The molecule has 0 spiro atoms. The van der Waals surface area contributed by atoms with Crippen molar-refractivity contribution in [1.29, 1.82) is 0 Å². The van der Waals surface area contributed by atoms with E-state index >= 15 is 0 Å². The van der Waals surface area contributed by atoms with E-state index in [0.717, 1.165) is 11.8 Å². The van der Waals surface area contributed by atoms with E-state index in [1.807, 2.05) is 0 Å². The molecule has 2 saturated heterocycles. The van der Waals surface area contributed by atoms with Crippen LogP contribution in [-0.2, 0) is 0 Å².